The second kappa shape index (κ2) is 6.62. The summed E-state index contributed by atoms with van der Waals surface area (Å²) in [5.41, 5.74) is 1.69. The summed E-state index contributed by atoms with van der Waals surface area (Å²) in [4.78, 5) is 0. The SMILES string of the molecule is CCCP(=O)(CCC)Cc1cccc(C#N)c1. The monoisotopic (exact) mass is 249 g/mol. The highest BCUT2D eigenvalue weighted by Gasteiger charge is 2.20. The Morgan fingerprint density at radius 1 is 1.24 bits per heavy atom. The molecule has 0 saturated carbocycles. The van der Waals surface area contributed by atoms with Gasteiger partial charge in [-0.15, -0.1) is 0 Å². The third-order valence-electron chi connectivity index (χ3n) is 2.79. The first kappa shape index (κ1) is 14.0. The minimum Gasteiger partial charge on any atom is -0.323 e. The lowest BCUT2D eigenvalue weighted by Gasteiger charge is -2.17. The molecule has 0 atom stereocenters. The average Bonchev–Trinajstić information content (AvgIpc) is 2.29. The molecule has 17 heavy (non-hydrogen) atoms. The molecule has 0 aliphatic rings. The zero-order chi connectivity index (χ0) is 12.7. The van der Waals surface area contributed by atoms with Crippen molar-refractivity contribution in [2.45, 2.75) is 32.9 Å². The molecule has 0 spiro atoms. The van der Waals surface area contributed by atoms with Gasteiger partial charge in [0.05, 0.1) is 18.8 Å². The van der Waals surface area contributed by atoms with Crippen molar-refractivity contribution < 1.29 is 4.57 Å². The number of hydrogen-bond donors (Lipinski definition) is 0. The molecule has 0 aromatic heterocycles. The van der Waals surface area contributed by atoms with Crippen LogP contribution in [0.25, 0.3) is 0 Å². The molecule has 1 aromatic carbocycles. The Morgan fingerprint density at radius 3 is 2.41 bits per heavy atom. The summed E-state index contributed by atoms with van der Waals surface area (Å²) < 4.78 is 12.7. The van der Waals surface area contributed by atoms with E-state index in [1.807, 2.05) is 18.2 Å². The van der Waals surface area contributed by atoms with E-state index in [4.69, 9.17) is 5.26 Å². The van der Waals surface area contributed by atoms with Gasteiger partial charge in [0.15, 0.2) is 0 Å². The van der Waals surface area contributed by atoms with Crippen LogP contribution in [0.1, 0.15) is 37.8 Å². The predicted octanol–water partition coefficient (Wildman–Crippen LogP) is 4.24. The molecule has 0 fully saturated rings. The average molecular weight is 249 g/mol. The molecule has 0 heterocycles. The van der Waals surface area contributed by atoms with E-state index in [1.165, 1.54) is 0 Å². The maximum absolute atomic E-state index is 12.7. The normalized spacial score (nSPS) is 11.1. The number of rotatable bonds is 6. The zero-order valence-corrected chi connectivity index (χ0v) is 11.5. The number of benzene rings is 1. The van der Waals surface area contributed by atoms with Crippen LogP contribution >= 0.6 is 7.14 Å². The van der Waals surface area contributed by atoms with E-state index in [2.05, 4.69) is 19.9 Å². The van der Waals surface area contributed by atoms with Crippen LogP contribution < -0.4 is 0 Å². The van der Waals surface area contributed by atoms with Gasteiger partial charge in [0.1, 0.15) is 0 Å². The van der Waals surface area contributed by atoms with Crippen molar-refractivity contribution in [1.29, 1.82) is 5.26 Å². The molecule has 0 radical (unpaired) electrons. The maximum Gasteiger partial charge on any atom is 0.0991 e. The van der Waals surface area contributed by atoms with Gasteiger partial charge < -0.3 is 4.57 Å². The Hall–Kier alpha value is -1.06. The smallest absolute Gasteiger partial charge is 0.0991 e. The Morgan fingerprint density at radius 2 is 1.88 bits per heavy atom. The van der Waals surface area contributed by atoms with Crippen molar-refractivity contribution in [3.63, 3.8) is 0 Å². The fraction of sp³-hybridized carbons (Fsp3) is 0.500. The third kappa shape index (κ3) is 4.36. The second-order valence-corrected chi connectivity index (χ2v) is 7.80. The van der Waals surface area contributed by atoms with E-state index in [0.717, 1.165) is 30.7 Å². The van der Waals surface area contributed by atoms with E-state index in [1.54, 1.807) is 6.07 Å². The summed E-state index contributed by atoms with van der Waals surface area (Å²) in [6, 6.07) is 9.61. The summed E-state index contributed by atoms with van der Waals surface area (Å²) >= 11 is 0. The van der Waals surface area contributed by atoms with Crippen LogP contribution in [0.4, 0.5) is 0 Å². The lowest BCUT2D eigenvalue weighted by Crippen LogP contribution is -1.98. The van der Waals surface area contributed by atoms with Crippen molar-refractivity contribution in [2.75, 3.05) is 12.3 Å². The predicted molar refractivity (Wildman–Crippen MR) is 72.8 cm³/mol. The Bertz CT molecular complexity index is 438. The Labute approximate surface area is 104 Å². The van der Waals surface area contributed by atoms with E-state index in [9.17, 15) is 4.57 Å². The molecule has 0 bridgehead atoms. The van der Waals surface area contributed by atoms with Gasteiger partial charge in [0.2, 0.25) is 0 Å². The van der Waals surface area contributed by atoms with Crippen molar-refractivity contribution in [3.8, 4) is 6.07 Å². The molecular formula is C14H20NOP. The zero-order valence-electron chi connectivity index (χ0n) is 10.6. The highest BCUT2D eigenvalue weighted by atomic mass is 31.2. The fourth-order valence-electron chi connectivity index (χ4n) is 2.16. The van der Waals surface area contributed by atoms with Crippen LogP contribution in [0.3, 0.4) is 0 Å². The first-order chi connectivity index (χ1) is 8.13. The van der Waals surface area contributed by atoms with Crippen LogP contribution in [0, 0.1) is 11.3 Å². The topological polar surface area (TPSA) is 40.9 Å². The summed E-state index contributed by atoms with van der Waals surface area (Å²) in [5, 5.41) is 8.85. The van der Waals surface area contributed by atoms with Crippen LogP contribution in [0.5, 0.6) is 0 Å². The van der Waals surface area contributed by atoms with Gasteiger partial charge in [-0.25, -0.2) is 0 Å². The quantitative estimate of drug-likeness (QED) is 0.707. The number of nitrogens with zero attached hydrogens (tertiary/aromatic N) is 1. The van der Waals surface area contributed by atoms with Gasteiger partial charge in [0.25, 0.3) is 0 Å². The summed E-state index contributed by atoms with van der Waals surface area (Å²) in [5.74, 6) is 0. The second-order valence-electron chi connectivity index (χ2n) is 4.48. The van der Waals surface area contributed by atoms with E-state index in [-0.39, 0.29) is 0 Å². The molecule has 0 aliphatic carbocycles. The van der Waals surface area contributed by atoms with Crippen LogP contribution in [-0.4, -0.2) is 12.3 Å². The van der Waals surface area contributed by atoms with Gasteiger partial charge in [-0.1, -0.05) is 26.0 Å². The largest absolute Gasteiger partial charge is 0.323 e. The van der Waals surface area contributed by atoms with Crippen LogP contribution in [0.15, 0.2) is 24.3 Å². The number of hydrogen-bond acceptors (Lipinski definition) is 2. The first-order valence-corrected chi connectivity index (χ1v) is 8.46. The fourth-order valence-corrected chi connectivity index (χ4v) is 5.19. The molecule has 2 nitrogen and oxygen atoms in total. The van der Waals surface area contributed by atoms with Gasteiger partial charge in [-0.05, 0) is 30.5 Å². The highest BCUT2D eigenvalue weighted by molar-refractivity contribution is 7.63. The maximum atomic E-state index is 12.7. The van der Waals surface area contributed by atoms with E-state index in [0.29, 0.717) is 11.7 Å². The highest BCUT2D eigenvalue weighted by Crippen LogP contribution is 2.50. The summed E-state index contributed by atoms with van der Waals surface area (Å²) in [7, 11) is -2.08. The van der Waals surface area contributed by atoms with Gasteiger partial charge in [-0.2, -0.15) is 5.26 Å². The lowest BCUT2D eigenvalue weighted by atomic mass is 10.2. The number of nitriles is 1. The Kier molecular flexibility index (Phi) is 5.45. The molecule has 0 saturated heterocycles. The van der Waals surface area contributed by atoms with Crippen molar-refractivity contribution in [1.82, 2.24) is 0 Å². The van der Waals surface area contributed by atoms with Crippen molar-refractivity contribution >= 4 is 7.14 Å². The molecule has 0 N–H and O–H groups in total. The molecule has 0 unspecified atom stereocenters. The summed E-state index contributed by atoms with van der Waals surface area (Å²) in [6.07, 6.45) is 4.21. The molecular weight excluding hydrogens is 229 g/mol. The van der Waals surface area contributed by atoms with Gasteiger partial charge >= 0.3 is 0 Å². The summed E-state index contributed by atoms with van der Waals surface area (Å²) in [6.45, 7) is 4.15. The van der Waals surface area contributed by atoms with Crippen LogP contribution in [0.2, 0.25) is 0 Å². The van der Waals surface area contributed by atoms with Gasteiger partial charge in [0, 0.05) is 18.5 Å². The minimum absolute atomic E-state index is 0.643. The molecule has 1 aromatic rings. The molecule has 92 valence electrons. The Balaban J connectivity index is 2.86. The van der Waals surface area contributed by atoms with E-state index >= 15 is 0 Å². The van der Waals surface area contributed by atoms with Crippen molar-refractivity contribution in [3.05, 3.63) is 35.4 Å². The standard InChI is InChI=1S/C14H20NOP/c1-3-8-17(16,9-4-2)12-14-7-5-6-13(10-14)11-15/h5-7,10H,3-4,8-9,12H2,1-2H3. The third-order valence-corrected chi connectivity index (χ3v) is 6.26. The minimum atomic E-state index is -2.08. The molecule has 0 aliphatic heterocycles. The molecule has 3 heteroatoms. The van der Waals surface area contributed by atoms with Crippen molar-refractivity contribution in [2.24, 2.45) is 0 Å². The lowest BCUT2D eigenvalue weighted by molar-refractivity contribution is 0.571. The molecule has 1 rings (SSSR count). The first-order valence-electron chi connectivity index (χ1n) is 6.19. The molecule has 0 amide bonds. The van der Waals surface area contributed by atoms with Gasteiger partial charge in [-0.3, -0.25) is 0 Å². The van der Waals surface area contributed by atoms with E-state index < -0.39 is 7.14 Å². The van der Waals surface area contributed by atoms with Crippen LogP contribution in [-0.2, 0) is 10.7 Å².